The van der Waals surface area contributed by atoms with Crippen LogP contribution in [0.15, 0.2) is 24.3 Å². The second-order valence-electron chi connectivity index (χ2n) is 6.26. The molecule has 146 valence electrons. The molecule has 0 bridgehead atoms. The number of rotatable bonds is 15. The number of amides is 1. The number of aliphatic carboxylic acids is 1. The molecule has 1 aromatic carbocycles. The lowest BCUT2D eigenvalue weighted by molar-refractivity contribution is -0.137. The molecule has 0 aliphatic heterocycles. The van der Waals surface area contributed by atoms with Gasteiger partial charge in [-0.2, -0.15) is 0 Å². The van der Waals surface area contributed by atoms with Gasteiger partial charge in [-0.25, -0.2) is 0 Å². The second kappa shape index (κ2) is 14.0. The van der Waals surface area contributed by atoms with Crippen LogP contribution in [0.25, 0.3) is 0 Å². The highest BCUT2D eigenvalue weighted by Gasteiger charge is 2.06. The first-order valence-corrected chi connectivity index (χ1v) is 9.38. The van der Waals surface area contributed by atoms with E-state index in [4.69, 9.17) is 14.6 Å². The quantitative estimate of drug-likeness (QED) is 0.462. The molecule has 0 saturated carbocycles. The zero-order valence-corrected chi connectivity index (χ0v) is 15.7. The summed E-state index contributed by atoms with van der Waals surface area (Å²) in [4.78, 5) is 22.2. The van der Waals surface area contributed by atoms with E-state index in [0.717, 1.165) is 51.4 Å². The molecule has 0 heterocycles. The van der Waals surface area contributed by atoms with Crippen LogP contribution in [0.4, 0.5) is 0 Å². The first kappa shape index (κ1) is 21.8. The highest BCUT2D eigenvalue weighted by molar-refractivity contribution is 5.77. The molecule has 6 heteroatoms. The van der Waals surface area contributed by atoms with E-state index in [9.17, 15) is 9.59 Å². The van der Waals surface area contributed by atoms with E-state index >= 15 is 0 Å². The van der Waals surface area contributed by atoms with Gasteiger partial charge in [-0.15, -0.1) is 0 Å². The summed E-state index contributed by atoms with van der Waals surface area (Å²) in [5.74, 6) is 0.339. The third-order valence-corrected chi connectivity index (χ3v) is 4.07. The first-order valence-electron chi connectivity index (χ1n) is 9.38. The van der Waals surface area contributed by atoms with Crippen molar-refractivity contribution >= 4 is 11.9 Å². The molecule has 0 aromatic heterocycles. The molecule has 0 spiro atoms. The number of carbonyl (C=O) groups is 2. The maximum atomic E-state index is 11.8. The lowest BCUT2D eigenvalue weighted by atomic mass is 10.1. The molecule has 0 saturated heterocycles. The van der Waals surface area contributed by atoms with Gasteiger partial charge in [0.1, 0.15) is 0 Å². The molecular formula is C20H31NO5. The molecule has 1 aromatic rings. The predicted octanol–water partition coefficient (Wildman–Crippen LogP) is 3.79. The van der Waals surface area contributed by atoms with E-state index in [2.05, 4.69) is 5.32 Å². The Labute approximate surface area is 155 Å². The van der Waals surface area contributed by atoms with Crippen molar-refractivity contribution in [3.63, 3.8) is 0 Å². The van der Waals surface area contributed by atoms with Gasteiger partial charge in [0.2, 0.25) is 0 Å². The standard InChI is InChI=1S/C20H31NO5/c1-25-17-12-9-10-13-18(17)26-16-19(22)21-15-11-7-5-3-2-4-6-8-14-20(23)24/h9-10,12-13H,2-8,11,14-16H2,1H3,(H,21,22)(H,23,24). The normalized spacial score (nSPS) is 10.3. The Morgan fingerprint density at radius 3 is 2.12 bits per heavy atom. The van der Waals surface area contributed by atoms with Crippen molar-refractivity contribution in [2.24, 2.45) is 0 Å². The van der Waals surface area contributed by atoms with E-state index < -0.39 is 5.97 Å². The van der Waals surface area contributed by atoms with E-state index in [1.807, 2.05) is 12.1 Å². The monoisotopic (exact) mass is 365 g/mol. The first-order chi connectivity index (χ1) is 12.6. The van der Waals surface area contributed by atoms with Gasteiger partial charge in [-0.1, -0.05) is 50.7 Å². The molecule has 0 fully saturated rings. The second-order valence-corrected chi connectivity index (χ2v) is 6.26. The average Bonchev–Trinajstić information content (AvgIpc) is 2.64. The molecule has 2 N–H and O–H groups in total. The van der Waals surface area contributed by atoms with E-state index in [1.165, 1.54) is 0 Å². The van der Waals surface area contributed by atoms with Crippen LogP contribution >= 0.6 is 0 Å². The van der Waals surface area contributed by atoms with Crippen LogP contribution in [-0.4, -0.2) is 37.2 Å². The summed E-state index contributed by atoms with van der Waals surface area (Å²) in [6.07, 6.45) is 8.66. The average molecular weight is 365 g/mol. The van der Waals surface area contributed by atoms with Crippen LogP contribution in [0.5, 0.6) is 11.5 Å². The van der Waals surface area contributed by atoms with Crippen LogP contribution < -0.4 is 14.8 Å². The Balaban J connectivity index is 1.94. The van der Waals surface area contributed by atoms with E-state index in [0.29, 0.717) is 18.0 Å². The summed E-state index contributed by atoms with van der Waals surface area (Å²) in [6, 6.07) is 7.25. The fourth-order valence-electron chi connectivity index (χ4n) is 2.62. The van der Waals surface area contributed by atoms with Crippen molar-refractivity contribution < 1.29 is 24.2 Å². The smallest absolute Gasteiger partial charge is 0.303 e. The van der Waals surface area contributed by atoms with E-state index in [1.54, 1.807) is 19.2 Å². The molecule has 1 rings (SSSR count). The van der Waals surface area contributed by atoms with Gasteiger partial charge < -0.3 is 19.9 Å². The number of para-hydroxylation sites is 2. The van der Waals surface area contributed by atoms with Crippen molar-refractivity contribution in [1.29, 1.82) is 0 Å². The predicted molar refractivity (Wildman–Crippen MR) is 101 cm³/mol. The third-order valence-electron chi connectivity index (χ3n) is 4.07. The summed E-state index contributed by atoms with van der Waals surface area (Å²) in [5.41, 5.74) is 0. The van der Waals surface area contributed by atoms with Crippen molar-refractivity contribution in [3.8, 4) is 11.5 Å². The lowest BCUT2D eigenvalue weighted by Crippen LogP contribution is -2.29. The maximum Gasteiger partial charge on any atom is 0.303 e. The van der Waals surface area contributed by atoms with Crippen LogP contribution in [0.2, 0.25) is 0 Å². The number of carboxylic acid groups (broad SMARTS) is 1. The van der Waals surface area contributed by atoms with Gasteiger partial charge in [0, 0.05) is 13.0 Å². The van der Waals surface area contributed by atoms with Crippen LogP contribution in [0.1, 0.15) is 57.8 Å². The zero-order valence-electron chi connectivity index (χ0n) is 15.7. The SMILES string of the molecule is COc1ccccc1OCC(=O)NCCCCCCCCCCC(=O)O. The van der Waals surface area contributed by atoms with Gasteiger partial charge >= 0.3 is 5.97 Å². The largest absolute Gasteiger partial charge is 0.493 e. The summed E-state index contributed by atoms with van der Waals surface area (Å²) in [7, 11) is 1.57. The molecular weight excluding hydrogens is 334 g/mol. The molecule has 0 aliphatic carbocycles. The van der Waals surface area contributed by atoms with Gasteiger partial charge in [0.25, 0.3) is 5.91 Å². The lowest BCUT2D eigenvalue weighted by Gasteiger charge is -2.10. The van der Waals surface area contributed by atoms with Crippen molar-refractivity contribution in [2.45, 2.75) is 57.8 Å². The summed E-state index contributed by atoms with van der Waals surface area (Å²) in [6.45, 7) is 0.642. The Bertz CT molecular complexity index is 533. The molecule has 0 aliphatic rings. The van der Waals surface area contributed by atoms with Crippen LogP contribution in [0.3, 0.4) is 0 Å². The molecule has 0 radical (unpaired) electrons. The summed E-state index contributed by atoms with van der Waals surface area (Å²) < 4.78 is 10.6. The molecule has 0 atom stereocenters. The molecule has 0 unspecified atom stereocenters. The number of hydrogen-bond donors (Lipinski definition) is 2. The number of benzene rings is 1. The number of carbonyl (C=O) groups excluding carboxylic acids is 1. The van der Waals surface area contributed by atoms with Gasteiger partial charge in [0.15, 0.2) is 18.1 Å². The Morgan fingerprint density at radius 1 is 0.923 bits per heavy atom. The minimum atomic E-state index is -0.708. The topological polar surface area (TPSA) is 84.9 Å². The fourth-order valence-corrected chi connectivity index (χ4v) is 2.62. The number of methoxy groups -OCH3 is 1. The minimum Gasteiger partial charge on any atom is -0.493 e. The molecule has 6 nitrogen and oxygen atoms in total. The van der Waals surface area contributed by atoms with Crippen LogP contribution in [-0.2, 0) is 9.59 Å². The number of unbranched alkanes of at least 4 members (excludes halogenated alkanes) is 7. The fraction of sp³-hybridized carbons (Fsp3) is 0.600. The van der Waals surface area contributed by atoms with Crippen molar-refractivity contribution in [3.05, 3.63) is 24.3 Å². The number of hydrogen-bond acceptors (Lipinski definition) is 4. The number of nitrogens with one attached hydrogen (secondary N) is 1. The minimum absolute atomic E-state index is 0.0171. The van der Waals surface area contributed by atoms with Crippen LogP contribution in [0, 0.1) is 0 Å². The van der Waals surface area contributed by atoms with Gasteiger partial charge in [0.05, 0.1) is 7.11 Å². The highest BCUT2D eigenvalue weighted by atomic mass is 16.5. The summed E-state index contributed by atoms with van der Waals surface area (Å²) in [5, 5.41) is 11.4. The Morgan fingerprint density at radius 2 is 1.50 bits per heavy atom. The van der Waals surface area contributed by atoms with Gasteiger partial charge in [-0.05, 0) is 25.0 Å². The Hall–Kier alpha value is -2.24. The Kier molecular flexibility index (Phi) is 11.7. The molecule has 26 heavy (non-hydrogen) atoms. The van der Waals surface area contributed by atoms with E-state index in [-0.39, 0.29) is 18.9 Å². The number of carboxylic acids is 1. The third kappa shape index (κ3) is 10.6. The molecule has 1 amide bonds. The number of ether oxygens (including phenoxy) is 2. The van der Waals surface area contributed by atoms with Gasteiger partial charge in [-0.3, -0.25) is 9.59 Å². The summed E-state index contributed by atoms with van der Waals surface area (Å²) >= 11 is 0. The maximum absolute atomic E-state index is 11.8. The zero-order chi connectivity index (χ0) is 19.0. The highest BCUT2D eigenvalue weighted by Crippen LogP contribution is 2.25. The van der Waals surface area contributed by atoms with Crippen molar-refractivity contribution in [1.82, 2.24) is 5.32 Å². The van der Waals surface area contributed by atoms with Crippen molar-refractivity contribution in [2.75, 3.05) is 20.3 Å².